The van der Waals surface area contributed by atoms with Crippen molar-refractivity contribution < 1.29 is 19.4 Å². The lowest BCUT2D eigenvalue weighted by Gasteiger charge is -2.16. The molecule has 0 amide bonds. The highest BCUT2D eigenvalue weighted by Crippen LogP contribution is 2.24. The number of hydrogen-bond donors (Lipinski definition) is 1. The average Bonchev–Trinajstić information content (AvgIpc) is 2.93. The van der Waals surface area contributed by atoms with Gasteiger partial charge in [0.15, 0.2) is 5.79 Å². The number of aliphatic carboxylic acids is 1. The minimum absolute atomic E-state index is 0.115. The number of carboxylic acid groups (broad SMARTS) is 1. The smallest absolute Gasteiger partial charge is 0.303 e. The predicted octanol–water partition coefficient (Wildman–Crippen LogP) is 1.83. The Bertz CT molecular complexity index is 456. The van der Waals surface area contributed by atoms with Crippen molar-refractivity contribution in [3.05, 3.63) is 18.0 Å². The third kappa shape index (κ3) is 4.61. The summed E-state index contributed by atoms with van der Waals surface area (Å²) in [5.41, 5.74) is 1.08. The van der Waals surface area contributed by atoms with Crippen molar-refractivity contribution in [2.24, 2.45) is 0 Å². The zero-order valence-electron chi connectivity index (χ0n) is 12.0. The third-order valence-corrected chi connectivity index (χ3v) is 3.29. The Labute approximate surface area is 118 Å². The molecule has 1 aliphatic heterocycles. The predicted molar refractivity (Wildman–Crippen MR) is 72.3 cm³/mol. The number of aromatic nitrogens is 2. The molecule has 0 spiro atoms. The number of ether oxygens (including phenoxy) is 2. The second-order valence-electron chi connectivity index (χ2n) is 5.60. The standard InChI is InChI=1S/C14H22N2O4/c1-14(2)19-10-12(20-14)6-7-16-9-11(8-15-16)4-3-5-13(17)18/h8-9,12H,3-7,10H2,1-2H3,(H,17,18). The molecule has 1 aromatic heterocycles. The molecule has 1 N–H and O–H groups in total. The fraction of sp³-hybridized carbons (Fsp3) is 0.714. The Morgan fingerprint density at radius 2 is 2.40 bits per heavy atom. The van der Waals surface area contributed by atoms with Crippen molar-refractivity contribution in [2.45, 2.75) is 58.0 Å². The molecule has 6 heteroatoms. The van der Waals surface area contributed by atoms with Gasteiger partial charge in [0.25, 0.3) is 0 Å². The summed E-state index contributed by atoms with van der Waals surface area (Å²) >= 11 is 0. The molecule has 2 rings (SSSR count). The van der Waals surface area contributed by atoms with Gasteiger partial charge in [-0.25, -0.2) is 0 Å². The van der Waals surface area contributed by atoms with E-state index in [0.717, 1.165) is 24.9 Å². The first-order valence-electron chi connectivity index (χ1n) is 6.99. The van der Waals surface area contributed by atoms with Crippen molar-refractivity contribution in [2.75, 3.05) is 6.61 Å². The number of carboxylic acids is 1. The van der Waals surface area contributed by atoms with Gasteiger partial charge in [-0.3, -0.25) is 9.48 Å². The zero-order valence-corrected chi connectivity index (χ0v) is 12.0. The quantitative estimate of drug-likeness (QED) is 0.826. The van der Waals surface area contributed by atoms with Crippen molar-refractivity contribution in [3.8, 4) is 0 Å². The summed E-state index contributed by atoms with van der Waals surface area (Å²) in [5, 5.41) is 12.9. The minimum Gasteiger partial charge on any atom is -0.481 e. The fourth-order valence-corrected chi connectivity index (χ4v) is 2.28. The first kappa shape index (κ1) is 15.0. The Kier molecular flexibility index (Phi) is 4.77. The van der Waals surface area contributed by atoms with Crippen LogP contribution in [0.1, 0.15) is 38.7 Å². The molecule has 0 bridgehead atoms. The van der Waals surface area contributed by atoms with Crippen LogP contribution < -0.4 is 0 Å². The minimum atomic E-state index is -0.751. The number of hydrogen-bond acceptors (Lipinski definition) is 4. The molecule has 1 saturated heterocycles. The van der Waals surface area contributed by atoms with Crippen LogP contribution in [0, 0.1) is 0 Å². The highest BCUT2D eigenvalue weighted by molar-refractivity contribution is 5.66. The van der Waals surface area contributed by atoms with Gasteiger partial charge in [0.1, 0.15) is 0 Å². The normalized spacial score (nSPS) is 21.2. The number of aryl methyl sites for hydroxylation is 2. The molecule has 0 aliphatic carbocycles. The number of rotatable bonds is 7. The molecule has 112 valence electrons. The van der Waals surface area contributed by atoms with Crippen LogP contribution in [0.5, 0.6) is 0 Å². The van der Waals surface area contributed by atoms with E-state index in [4.69, 9.17) is 14.6 Å². The maximum absolute atomic E-state index is 10.5. The van der Waals surface area contributed by atoms with Gasteiger partial charge in [-0.15, -0.1) is 0 Å². The van der Waals surface area contributed by atoms with E-state index in [-0.39, 0.29) is 12.5 Å². The van der Waals surface area contributed by atoms with Crippen molar-refractivity contribution in [1.29, 1.82) is 0 Å². The lowest BCUT2D eigenvalue weighted by atomic mass is 10.1. The summed E-state index contributed by atoms with van der Waals surface area (Å²) in [6.45, 7) is 5.24. The molecule has 1 unspecified atom stereocenters. The lowest BCUT2D eigenvalue weighted by molar-refractivity contribution is -0.139. The van der Waals surface area contributed by atoms with Crippen LogP contribution in [-0.4, -0.2) is 39.4 Å². The number of carbonyl (C=O) groups is 1. The average molecular weight is 282 g/mol. The second kappa shape index (κ2) is 6.37. The first-order chi connectivity index (χ1) is 9.44. The van der Waals surface area contributed by atoms with Crippen LogP contribution in [-0.2, 0) is 27.2 Å². The maximum Gasteiger partial charge on any atom is 0.303 e. The van der Waals surface area contributed by atoms with Crippen molar-refractivity contribution >= 4 is 5.97 Å². The Balaban J connectivity index is 1.71. The van der Waals surface area contributed by atoms with Gasteiger partial charge in [-0.05, 0) is 38.7 Å². The molecule has 1 atom stereocenters. The Hall–Kier alpha value is -1.40. The van der Waals surface area contributed by atoms with E-state index in [1.165, 1.54) is 0 Å². The summed E-state index contributed by atoms with van der Waals surface area (Å²) < 4.78 is 13.1. The van der Waals surface area contributed by atoms with Gasteiger partial charge in [0, 0.05) is 19.2 Å². The maximum atomic E-state index is 10.5. The van der Waals surface area contributed by atoms with Gasteiger partial charge in [0.2, 0.25) is 0 Å². The van der Waals surface area contributed by atoms with Crippen LogP contribution >= 0.6 is 0 Å². The molecule has 6 nitrogen and oxygen atoms in total. The Morgan fingerprint density at radius 3 is 3.05 bits per heavy atom. The molecule has 0 saturated carbocycles. The SMILES string of the molecule is CC1(C)OCC(CCn2cc(CCCC(=O)O)cn2)O1. The highest BCUT2D eigenvalue weighted by atomic mass is 16.7. The van der Waals surface area contributed by atoms with Crippen molar-refractivity contribution in [1.82, 2.24) is 9.78 Å². The van der Waals surface area contributed by atoms with Crippen molar-refractivity contribution in [3.63, 3.8) is 0 Å². The molecular formula is C14H22N2O4. The molecule has 1 aromatic rings. The monoisotopic (exact) mass is 282 g/mol. The fourth-order valence-electron chi connectivity index (χ4n) is 2.28. The van der Waals surface area contributed by atoms with E-state index < -0.39 is 11.8 Å². The van der Waals surface area contributed by atoms with Gasteiger partial charge in [0.05, 0.1) is 18.9 Å². The van der Waals surface area contributed by atoms with E-state index in [1.54, 1.807) is 6.20 Å². The number of nitrogens with zero attached hydrogens (tertiary/aromatic N) is 2. The van der Waals surface area contributed by atoms with Crippen LogP contribution in [0.4, 0.5) is 0 Å². The summed E-state index contributed by atoms with van der Waals surface area (Å²) in [5.74, 6) is -1.23. The Morgan fingerprint density at radius 1 is 1.60 bits per heavy atom. The van der Waals surface area contributed by atoms with E-state index in [0.29, 0.717) is 13.0 Å². The van der Waals surface area contributed by atoms with Crippen LogP contribution in [0.2, 0.25) is 0 Å². The summed E-state index contributed by atoms with van der Waals surface area (Å²) in [6, 6.07) is 0. The molecule has 20 heavy (non-hydrogen) atoms. The van der Waals surface area contributed by atoms with E-state index in [9.17, 15) is 4.79 Å². The van der Waals surface area contributed by atoms with E-state index in [2.05, 4.69) is 5.10 Å². The molecule has 1 aliphatic rings. The van der Waals surface area contributed by atoms with E-state index >= 15 is 0 Å². The molecule has 2 heterocycles. The molecular weight excluding hydrogens is 260 g/mol. The second-order valence-corrected chi connectivity index (χ2v) is 5.60. The van der Waals surface area contributed by atoms with Crippen LogP contribution in [0.15, 0.2) is 12.4 Å². The largest absolute Gasteiger partial charge is 0.481 e. The summed E-state index contributed by atoms with van der Waals surface area (Å²) in [7, 11) is 0. The topological polar surface area (TPSA) is 73.6 Å². The van der Waals surface area contributed by atoms with Crippen LogP contribution in [0.3, 0.4) is 0 Å². The first-order valence-corrected chi connectivity index (χ1v) is 6.99. The zero-order chi connectivity index (χ0) is 14.6. The van der Waals surface area contributed by atoms with Gasteiger partial charge in [-0.1, -0.05) is 0 Å². The van der Waals surface area contributed by atoms with Gasteiger partial charge >= 0.3 is 5.97 Å². The van der Waals surface area contributed by atoms with Gasteiger partial charge in [-0.2, -0.15) is 5.10 Å². The molecule has 1 fully saturated rings. The molecule has 0 aromatic carbocycles. The van der Waals surface area contributed by atoms with Crippen LogP contribution in [0.25, 0.3) is 0 Å². The van der Waals surface area contributed by atoms with Gasteiger partial charge < -0.3 is 14.6 Å². The highest BCUT2D eigenvalue weighted by Gasteiger charge is 2.32. The van der Waals surface area contributed by atoms with E-state index in [1.807, 2.05) is 24.7 Å². The third-order valence-electron chi connectivity index (χ3n) is 3.29. The summed E-state index contributed by atoms with van der Waals surface area (Å²) in [6.07, 6.45) is 6.36. The lowest BCUT2D eigenvalue weighted by Crippen LogP contribution is -2.22. The molecule has 0 radical (unpaired) electrons. The summed E-state index contributed by atoms with van der Waals surface area (Å²) in [4.78, 5) is 10.5.